The third-order valence-corrected chi connectivity index (χ3v) is 6.13. The highest BCUT2D eigenvalue weighted by Gasteiger charge is 2.24. The van der Waals surface area contributed by atoms with Gasteiger partial charge >= 0.3 is 0 Å². The summed E-state index contributed by atoms with van der Waals surface area (Å²) in [6, 6.07) is 0. The highest BCUT2D eigenvalue weighted by Crippen LogP contribution is 2.24. The summed E-state index contributed by atoms with van der Waals surface area (Å²) < 4.78 is 14.1. The van der Waals surface area contributed by atoms with Gasteiger partial charge in [-0.1, -0.05) is 122 Å². The number of rotatable bonds is 24. The molecule has 1 unspecified atom stereocenters. The van der Waals surface area contributed by atoms with E-state index in [-0.39, 0.29) is 6.61 Å². The van der Waals surface area contributed by atoms with Crippen LogP contribution in [0.4, 0.5) is 4.39 Å². The Hall–Kier alpha value is -0.150. The number of aliphatic hydroxyl groups excluding tert-OH is 1. The quantitative estimate of drug-likeness (QED) is 0.155. The summed E-state index contributed by atoms with van der Waals surface area (Å²) in [5, 5.41) is 18.6. The lowest BCUT2D eigenvalue weighted by Crippen LogP contribution is -2.21. The van der Waals surface area contributed by atoms with Crippen LogP contribution in [0.2, 0.25) is 0 Å². The van der Waals surface area contributed by atoms with Crippen LogP contribution in [0.25, 0.3) is 0 Å². The molecule has 3 heteroatoms. The molecule has 0 amide bonds. The molecule has 0 spiro atoms. The van der Waals surface area contributed by atoms with Crippen molar-refractivity contribution in [1.29, 1.82) is 0 Å². The molecule has 0 bridgehead atoms. The molecule has 2 nitrogen and oxygen atoms in total. The second-order valence-corrected chi connectivity index (χ2v) is 9.21. The van der Waals surface area contributed by atoms with Crippen molar-refractivity contribution < 1.29 is 14.6 Å². The van der Waals surface area contributed by atoms with Crippen molar-refractivity contribution in [2.45, 2.75) is 160 Å². The van der Waals surface area contributed by atoms with Crippen LogP contribution < -0.4 is 0 Å². The van der Waals surface area contributed by atoms with E-state index in [9.17, 15) is 9.50 Å². The summed E-state index contributed by atoms with van der Waals surface area (Å²) in [6.45, 7) is 2.55. The fourth-order valence-corrected chi connectivity index (χ4v) is 4.11. The lowest BCUT2D eigenvalue weighted by Gasteiger charge is -2.18. The van der Waals surface area contributed by atoms with Gasteiger partial charge in [0, 0.05) is 19.4 Å². The number of aliphatic hydroxyl groups is 2. The molecule has 176 valence electrons. The van der Waals surface area contributed by atoms with E-state index in [1.165, 1.54) is 77.0 Å². The van der Waals surface area contributed by atoms with Crippen LogP contribution >= 0.6 is 0 Å². The van der Waals surface area contributed by atoms with Gasteiger partial charge in [-0.05, 0) is 19.3 Å². The van der Waals surface area contributed by atoms with E-state index < -0.39 is 5.85 Å². The Labute approximate surface area is 182 Å². The summed E-state index contributed by atoms with van der Waals surface area (Å²) >= 11 is 0. The minimum absolute atomic E-state index is 0.286. The molecule has 0 aromatic heterocycles. The normalized spacial score (nSPS) is 13.7. The molecule has 2 N–H and O–H groups in total. The van der Waals surface area contributed by atoms with Gasteiger partial charge in [0.05, 0.1) is 0 Å². The predicted octanol–water partition coefficient (Wildman–Crippen LogP) is 8.63. The molecule has 0 radical (unpaired) electrons. The molecule has 0 saturated heterocycles. The van der Waals surface area contributed by atoms with Gasteiger partial charge in [0.2, 0.25) is 5.85 Å². The largest absolute Gasteiger partial charge is 0.396 e. The number of unbranched alkanes of at least 4 members (excludes halogenated alkanes) is 19. The fourth-order valence-electron chi connectivity index (χ4n) is 4.11. The van der Waals surface area contributed by atoms with E-state index in [1.807, 2.05) is 0 Å². The van der Waals surface area contributed by atoms with Crippen molar-refractivity contribution in [3.63, 3.8) is 0 Å². The van der Waals surface area contributed by atoms with Gasteiger partial charge in [0.25, 0.3) is 0 Å². The summed E-state index contributed by atoms with van der Waals surface area (Å²) in [4.78, 5) is 0. The Morgan fingerprint density at radius 2 is 0.759 bits per heavy atom. The van der Waals surface area contributed by atoms with Crippen molar-refractivity contribution in [2.75, 3.05) is 6.61 Å². The van der Waals surface area contributed by atoms with Gasteiger partial charge in [-0.25, -0.2) is 4.39 Å². The van der Waals surface area contributed by atoms with Gasteiger partial charge in [-0.2, -0.15) is 0 Å². The average molecular weight is 417 g/mol. The molecule has 1 atom stereocenters. The van der Waals surface area contributed by atoms with Crippen molar-refractivity contribution >= 4 is 0 Å². The van der Waals surface area contributed by atoms with Crippen LogP contribution in [0, 0.1) is 0 Å². The fraction of sp³-hybridized carbons (Fsp3) is 1.00. The van der Waals surface area contributed by atoms with E-state index >= 15 is 0 Å². The maximum absolute atomic E-state index is 14.1. The third kappa shape index (κ3) is 24.0. The zero-order valence-corrected chi connectivity index (χ0v) is 19.7. The van der Waals surface area contributed by atoms with Gasteiger partial charge in [0.1, 0.15) is 0 Å². The molecule has 0 aromatic carbocycles. The highest BCUT2D eigenvalue weighted by molar-refractivity contribution is 4.66. The smallest absolute Gasteiger partial charge is 0.206 e. The van der Waals surface area contributed by atoms with Crippen LogP contribution in [0.3, 0.4) is 0 Å². The molecule has 0 heterocycles. The van der Waals surface area contributed by atoms with Gasteiger partial charge in [-0.3, -0.25) is 0 Å². The minimum Gasteiger partial charge on any atom is -0.396 e. The summed E-state index contributed by atoms with van der Waals surface area (Å²) in [7, 11) is 0. The van der Waals surface area contributed by atoms with E-state index in [1.54, 1.807) is 0 Å². The first-order chi connectivity index (χ1) is 14.1. The van der Waals surface area contributed by atoms with E-state index in [0.717, 1.165) is 57.8 Å². The SMILES string of the molecule is CCCCCCCCCCCCCCCCC(O)(F)CCCCCCCCCO. The zero-order valence-electron chi connectivity index (χ0n) is 19.7. The van der Waals surface area contributed by atoms with Crippen molar-refractivity contribution in [3.8, 4) is 0 Å². The molecular weight excluding hydrogens is 363 g/mol. The van der Waals surface area contributed by atoms with E-state index in [4.69, 9.17) is 5.11 Å². The van der Waals surface area contributed by atoms with Crippen LogP contribution in [0.1, 0.15) is 155 Å². The second-order valence-electron chi connectivity index (χ2n) is 9.21. The summed E-state index contributed by atoms with van der Waals surface area (Å²) in [5.41, 5.74) is 0. The molecule has 0 saturated carbocycles. The molecule has 0 aliphatic heterocycles. The number of alkyl halides is 1. The molecule has 0 rings (SSSR count). The molecule has 0 aliphatic rings. The maximum atomic E-state index is 14.1. The standard InChI is InChI=1S/C26H53FO2/c1-2-3-4-5-6-7-8-9-10-11-12-14-17-20-23-26(27,29)24-21-18-15-13-16-19-22-25-28/h28-29H,2-25H2,1H3. The van der Waals surface area contributed by atoms with Gasteiger partial charge in [-0.15, -0.1) is 0 Å². The van der Waals surface area contributed by atoms with Crippen LogP contribution in [-0.4, -0.2) is 22.7 Å². The first-order valence-electron chi connectivity index (χ1n) is 13.1. The lowest BCUT2D eigenvalue weighted by atomic mass is 10.00. The first kappa shape index (κ1) is 28.9. The molecule has 0 aromatic rings. The number of hydrogen-bond donors (Lipinski definition) is 2. The van der Waals surface area contributed by atoms with Gasteiger partial charge < -0.3 is 10.2 Å². The predicted molar refractivity (Wildman–Crippen MR) is 125 cm³/mol. The molecule has 0 aliphatic carbocycles. The third-order valence-electron chi connectivity index (χ3n) is 6.13. The maximum Gasteiger partial charge on any atom is 0.206 e. The molecule has 0 fully saturated rings. The van der Waals surface area contributed by atoms with Crippen molar-refractivity contribution in [3.05, 3.63) is 0 Å². The van der Waals surface area contributed by atoms with Crippen LogP contribution in [0.5, 0.6) is 0 Å². The molecular formula is C26H53FO2. The first-order valence-corrected chi connectivity index (χ1v) is 13.1. The van der Waals surface area contributed by atoms with Crippen molar-refractivity contribution in [2.24, 2.45) is 0 Å². The Kier molecular flexibility index (Phi) is 22.4. The number of hydrogen-bond acceptors (Lipinski definition) is 2. The van der Waals surface area contributed by atoms with E-state index in [0.29, 0.717) is 12.8 Å². The Balaban J connectivity index is 3.27. The Morgan fingerprint density at radius 1 is 0.483 bits per heavy atom. The van der Waals surface area contributed by atoms with Gasteiger partial charge in [0.15, 0.2) is 0 Å². The number of halogens is 1. The minimum atomic E-state index is -1.95. The average Bonchev–Trinajstić information content (AvgIpc) is 2.70. The lowest BCUT2D eigenvalue weighted by molar-refractivity contribution is -0.103. The van der Waals surface area contributed by atoms with Crippen molar-refractivity contribution in [1.82, 2.24) is 0 Å². The summed E-state index contributed by atoms with van der Waals surface area (Å²) in [5.74, 6) is -1.95. The second kappa shape index (κ2) is 22.5. The Bertz CT molecular complexity index is 307. The zero-order chi connectivity index (χ0) is 21.5. The molecule has 29 heavy (non-hydrogen) atoms. The van der Waals surface area contributed by atoms with Crippen LogP contribution in [0.15, 0.2) is 0 Å². The summed E-state index contributed by atoms with van der Waals surface area (Å²) in [6.07, 6.45) is 25.9. The van der Waals surface area contributed by atoms with E-state index in [2.05, 4.69) is 6.92 Å². The monoisotopic (exact) mass is 416 g/mol. The topological polar surface area (TPSA) is 40.5 Å². The highest BCUT2D eigenvalue weighted by atomic mass is 19.2. The Morgan fingerprint density at radius 3 is 1.07 bits per heavy atom. The van der Waals surface area contributed by atoms with Crippen LogP contribution in [-0.2, 0) is 0 Å².